The number of rotatable bonds is 7. The second kappa shape index (κ2) is 10.2. The van der Waals surface area contributed by atoms with Crippen molar-refractivity contribution in [1.82, 2.24) is 4.98 Å². The lowest BCUT2D eigenvalue weighted by molar-refractivity contribution is -0.118. The first-order chi connectivity index (χ1) is 15.7. The van der Waals surface area contributed by atoms with Crippen LogP contribution >= 0.6 is 11.3 Å². The van der Waals surface area contributed by atoms with Crippen molar-refractivity contribution in [2.24, 2.45) is 0 Å². The summed E-state index contributed by atoms with van der Waals surface area (Å²) in [5.41, 5.74) is 3.67. The average Bonchev–Trinajstić information content (AvgIpc) is 3.33. The van der Waals surface area contributed by atoms with Gasteiger partial charge in [0.05, 0.1) is 11.3 Å². The molecule has 5 nitrogen and oxygen atoms in total. The second-order valence-corrected chi connectivity index (χ2v) is 7.67. The lowest BCUT2D eigenvalue weighted by Gasteiger charge is -2.10. The topological polar surface area (TPSA) is 75.0 Å². The van der Waals surface area contributed by atoms with E-state index in [2.05, 4.69) is 16.4 Å². The Morgan fingerprint density at radius 1 is 1.00 bits per heavy atom. The number of carbonyl (C=O) groups excluding carboxylic acids is 1. The Balaban J connectivity index is 1.50. The van der Waals surface area contributed by atoms with Crippen LogP contribution in [0.5, 0.6) is 5.75 Å². The predicted molar refractivity (Wildman–Crippen MR) is 128 cm³/mol. The van der Waals surface area contributed by atoms with Gasteiger partial charge >= 0.3 is 0 Å². The summed E-state index contributed by atoms with van der Waals surface area (Å²) in [6.45, 7) is -0.142. The zero-order chi connectivity index (χ0) is 22.2. The fourth-order valence-corrected chi connectivity index (χ4v) is 3.82. The van der Waals surface area contributed by atoms with Crippen molar-refractivity contribution in [1.29, 1.82) is 5.26 Å². The average molecular weight is 438 g/mol. The number of para-hydroxylation sites is 2. The van der Waals surface area contributed by atoms with E-state index >= 15 is 0 Å². The van der Waals surface area contributed by atoms with Crippen LogP contribution < -0.4 is 10.1 Å². The van der Waals surface area contributed by atoms with Gasteiger partial charge in [-0.05, 0) is 24.3 Å². The lowest BCUT2D eigenvalue weighted by atomic mass is 10.1. The minimum absolute atomic E-state index is 0.142. The van der Waals surface area contributed by atoms with Crippen LogP contribution in [-0.2, 0) is 4.79 Å². The van der Waals surface area contributed by atoms with E-state index in [4.69, 9.17) is 4.74 Å². The first kappa shape index (κ1) is 21.0. The Hall–Kier alpha value is -4.21. The van der Waals surface area contributed by atoms with Gasteiger partial charge in [-0.1, -0.05) is 66.7 Å². The monoisotopic (exact) mass is 437 g/mol. The molecule has 1 aromatic heterocycles. The normalized spacial score (nSPS) is 10.9. The van der Waals surface area contributed by atoms with E-state index in [9.17, 15) is 10.1 Å². The molecular formula is C26H19N3O2S. The molecule has 0 aliphatic rings. The number of hydrogen-bond donors (Lipinski definition) is 1. The van der Waals surface area contributed by atoms with Crippen molar-refractivity contribution in [3.8, 4) is 23.1 Å². The third-order valence-corrected chi connectivity index (χ3v) is 5.44. The molecule has 6 heteroatoms. The Kier molecular flexibility index (Phi) is 6.71. The number of ether oxygens (including phenoxy) is 1. The molecule has 156 valence electrons. The quantitative estimate of drug-likeness (QED) is 0.366. The molecule has 3 aromatic carbocycles. The number of nitrogens with zero attached hydrogens (tertiary/aromatic N) is 2. The smallest absolute Gasteiger partial charge is 0.262 e. The standard InChI is InChI=1S/C26H19N3O2S/c27-16-21(26-29-23(18-32-26)19-9-3-1-4-10-19)15-20-11-7-8-14-24(20)31-17-25(30)28-22-12-5-2-6-13-22/h1-15,18H,17H2,(H,28,30)/b21-15+. The molecule has 0 aliphatic heterocycles. The third kappa shape index (κ3) is 5.28. The maximum atomic E-state index is 12.2. The van der Waals surface area contributed by atoms with E-state index in [-0.39, 0.29) is 12.5 Å². The molecule has 4 aromatic rings. The Labute approximate surface area is 190 Å². The summed E-state index contributed by atoms with van der Waals surface area (Å²) < 4.78 is 5.74. The number of benzene rings is 3. The number of carbonyl (C=O) groups is 1. The first-order valence-corrected chi connectivity index (χ1v) is 10.8. The summed E-state index contributed by atoms with van der Waals surface area (Å²) in [7, 11) is 0. The van der Waals surface area contributed by atoms with Crippen molar-refractivity contribution in [3.05, 3.63) is 101 Å². The largest absolute Gasteiger partial charge is 0.483 e. The molecular weight excluding hydrogens is 418 g/mol. The molecule has 1 N–H and O–H groups in total. The number of nitriles is 1. The van der Waals surface area contributed by atoms with E-state index in [0.29, 0.717) is 27.6 Å². The van der Waals surface area contributed by atoms with E-state index in [1.54, 1.807) is 12.1 Å². The zero-order valence-electron chi connectivity index (χ0n) is 17.1. The van der Waals surface area contributed by atoms with Crippen molar-refractivity contribution in [3.63, 3.8) is 0 Å². The Morgan fingerprint density at radius 3 is 2.44 bits per heavy atom. The van der Waals surface area contributed by atoms with E-state index in [0.717, 1.165) is 11.3 Å². The van der Waals surface area contributed by atoms with Gasteiger partial charge in [0, 0.05) is 22.2 Å². The highest BCUT2D eigenvalue weighted by Gasteiger charge is 2.11. The molecule has 4 rings (SSSR count). The molecule has 0 radical (unpaired) electrons. The fourth-order valence-electron chi connectivity index (χ4n) is 3.03. The number of thiazole rings is 1. The molecule has 0 saturated carbocycles. The van der Waals surface area contributed by atoms with Crippen molar-refractivity contribution in [2.75, 3.05) is 11.9 Å². The maximum Gasteiger partial charge on any atom is 0.262 e. The minimum atomic E-state index is -0.261. The number of anilines is 1. The number of amides is 1. The number of nitrogens with one attached hydrogen (secondary N) is 1. The molecule has 1 amide bonds. The van der Waals surface area contributed by atoms with Crippen LogP contribution in [0.2, 0.25) is 0 Å². The van der Waals surface area contributed by atoms with Gasteiger partial charge in [0.1, 0.15) is 16.8 Å². The van der Waals surface area contributed by atoms with Gasteiger partial charge in [-0.3, -0.25) is 4.79 Å². The van der Waals surface area contributed by atoms with E-state index in [1.807, 2.05) is 84.2 Å². The molecule has 0 spiro atoms. The molecule has 1 heterocycles. The molecule has 0 atom stereocenters. The zero-order valence-corrected chi connectivity index (χ0v) is 17.9. The molecule has 32 heavy (non-hydrogen) atoms. The minimum Gasteiger partial charge on any atom is -0.483 e. The lowest BCUT2D eigenvalue weighted by Crippen LogP contribution is -2.20. The van der Waals surface area contributed by atoms with Crippen LogP contribution in [0, 0.1) is 11.3 Å². The van der Waals surface area contributed by atoms with Crippen LogP contribution in [-0.4, -0.2) is 17.5 Å². The van der Waals surface area contributed by atoms with Gasteiger partial charge in [-0.15, -0.1) is 11.3 Å². The van der Waals surface area contributed by atoms with Crippen LogP contribution in [0.4, 0.5) is 5.69 Å². The summed E-state index contributed by atoms with van der Waals surface area (Å²) in [6.07, 6.45) is 1.73. The third-order valence-electron chi connectivity index (χ3n) is 4.56. The molecule has 0 fully saturated rings. The van der Waals surface area contributed by atoms with Crippen LogP contribution in [0.25, 0.3) is 22.9 Å². The Bertz CT molecular complexity index is 1280. The summed E-state index contributed by atoms with van der Waals surface area (Å²) in [5, 5.41) is 15.1. The molecule has 0 bridgehead atoms. The SMILES string of the molecule is N#C/C(=C\c1ccccc1OCC(=O)Nc1ccccc1)c1nc(-c2ccccc2)cs1. The number of aromatic nitrogens is 1. The highest BCUT2D eigenvalue weighted by molar-refractivity contribution is 7.11. The van der Waals surface area contributed by atoms with Crippen LogP contribution in [0.15, 0.2) is 90.3 Å². The summed E-state index contributed by atoms with van der Waals surface area (Å²) in [4.78, 5) is 16.8. The van der Waals surface area contributed by atoms with Gasteiger partial charge < -0.3 is 10.1 Å². The van der Waals surface area contributed by atoms with E-state index in [1.165, 1.54) is 11.3 Å². The Morgan fingerprint density at radius 2 is 1.69 bits per heavy atom. The highest BCUT2D eigenvalue weighted by Crippen LogP contribution is 2.29. The summed E-state index contributed by atoms with van der Waals surface area (Å²) in [6, 6.07) is 28.6. The summed E-state index contributed by atoms with van der Waals surface area (Å²) in [5.74, 6) is 0.256. The van der Waals surface area contributed by atoms with Crippen molar-refractivity contribution < 1.29 is 9.53 Å². The van der Waals surface area contributed by atoms with Crippen molar-refractivity contribution in [2.45, 2.75) is 0 Å². The molecule has 0 saturated heterocycles. The van der Waals surface area contributed by atoms with Gasteiger partial charge in [0.2, 0.25) is 0 Å². The molecule has 0 aliphatic carbocycles. The second-order valence-electron chi connectivity index (χ2n) is 6.81. The highest BCUT2D eigenvalue weighted by atomic mass is 32.1. The maximum absolute atomic E-state index is 12.2. The number of hydrogen-bond acceptors (Lipinski definition) is 5. The van der Waals surface area contributed by atoms with Gasteiger partial charge in [0.15, 0.2) is 6.61 Å². The van der Waals surface area contributed by atoms with Crippen molar-refractivity contribution >= 4 is 34.6 Å². The van der Waals surface area contributed by atoms with Crippen LogP contribution in [0.1, 0.15) is 10.6 Å². The van der Waals surface area contributed by atoms with Crippen LogP contribution in [0.3, 0.4) is 0 Å². The summed E-state index contributed by atoms with van der Waals surface area (Å²) >= 11 is 1.41. The van der Waals surface area contributed by atoms with E-state index < -0.39 is 0 Å². The fraction of sp³-hybridized carbons (Fsp3) is 0.0385. The van der Waals surface area contributed by atoms with Gasteiger partial charge in [0.25, 0.3) is 5.91 Å². The first-order valence-electron chi connectivity index (χ1n) is 9.93. The molecule has 0 unspecified atom stereocenters. The van der Waals surface area contributed by atoms with Gasteiger partial charge in [-0.25, -0.2) is 4.98 Å². The number of allylic oxidation sites excluding steroid dienone is 1. The predicted octanol–water partition coefficient (Wildman–Crippen LogP) is 5.89. The van der Waals surface area contributed by atoms with Gasteiger partial charge in [-0.2, -0.15) is 5.26 Å².